The summed E-state index contributed by atoms with van der Waals surface area (Å²) >= 11 is 0. The van der Waals surface area contributed by atoms with Crippen LogP contribution in [0.25, 0.3) is 11.1 Å². The van der Waals surface area contributed by atoms with Gasteiger partial charge in [0.15, 0.2) is 0 Å². The minimum atomic E-state index is -0.0937. The van der Waals surface area contributed by atoms with Gasteiger partial charge in [0.05, 0.1) is 7.11 Å². The molecule has 3 aromatic carbocycles. The molecular formula is C23H25NO2. The molecule has 1 amide bonds. The number of nitrogens with one attached hydrogen (secondary N) is 1. The van der Waals surface area contributed by atoms with Crippen LogP contribution in [0.15, 0.2) is 91.0 Å². The number of hydrogen-bond donors (Lipinski definition) is 1. The molecule has 0 heterocycles. The Balaban J connectivity index is 0.000000189. The van der Waals surface area contributed by atoms with E-state index in [4.69, 9.17) is 0 Å². The van der Waals surface area contributed by atoms with E-state index in [1.54, 1.807) is 0 Å². The second kappa shape index (κ2) is 10.9. The molecule has 0 fully saturated rings. The fourth-order valence-electron chi connectivity index (χ4n) is 2.59. The Hall–Kier alpha value is -2.91. The average Bonchev–Trinajstić information content (AvgIpc) is 2.71. The Morgan fingerprint density at radius 2 is 1.23 bits per heavy atom. The predicted octanol–water partition coefficient (Wildman–Crippen LogP) is 5.21. The van der Waals surface area contributed by atoms with E-state index in [2.05, 4.69) is 58.8 Å². The highest BCUT2D eigenvalue weighted by Gasteiger charge is 2.09. The molecule has 3 aromatic rings. The van der Waals surface area contributed by atoms with Gasteiger partial charge in [-0.15, -0.1) is 0 Å². The summed E-state index contributed by atoms with van der Waals surface area (Å²) in [5, 5.41) is 0. The molecule has 0 aliphatic carbocycles. The van der Waals surface area contributed by atoms with Crippen molar-refractivity contribution in [3.63, 3.8) is 0 Å². The fraction of sp³-hybridized carbons (Fsp3) is 0.174. The molecule has 1 N–H and O–H groups in total. The quantitative estimate of drug-likeness (QED) is 0.643. The van der Waals surface area contributed by atoms with Gasteiger partial charge in [-0.2, -0.15) is 0 Å². The van der Waals surface area contributed by atoms with Crippen molar-refractivity contribution in [2.24, 2.45) is 0 Å². The zero-order valence-electron chi connectivity index (χ0n) is 15.3. The summed E-state index contributed by atoms with van der Waals surface area (Å²) in [4.78, 5) is 15.7. The van der Waals surface area contributed by atoms with Crippen molar-refractivity contribution in [1.29, 1.82) is 0 Å². The van der Waals surface area contributed by atoms with Gasteiger partial charge < -0.3 is 0 Å². The minimum absolute atomic E-state index is 0.0937. The van der Waals surface area contributed by atoms with Crippen molar-refractivity contribution in [2.75, 3.05) is 7.11 Å². The van der Waals surface area contributed by atoms with E-state index in [0.717, 1.165) is 0 Å². The molecule has 3 rings (SSSR count). The van der Waals surface area contributed by atoms with Crippen molar-refractivity contribution in [2.45, 2.75) is 19.3 Å². The number of hydroxylamine groups is 1. The van der Waals surface area contributed by atoms with Crippen molar-refractivity contribution < 1.29 is 9.63 Å². The molecule has 0 saturated heterocycles. The lowest BCUT2D eigenvalue weighted by Crippen LogP contribution is -2.23. The van der Waals surface area contributed by atoms with E-state index in [1.165, 1.54) is 23.8 Å². The van der Waals surface area contributed by atoms with E-state index in [1.807, 2.05) is 49.4 Å². The lowest BCUT2D eigenvalue weighted by molar-refractivity contribution is -0.131. The summed E-state index contributed by atoms with van der Waals surface area (Å²) in [5.41, 5.74) is 6.02. The zero-order chi connectivity index (χ0) is 18.6. The lowest BCUT2D eigenvalue weighted by Gasteiger charge is -2.10. The standard InChI is InChI=1S/C12H10.C11H15NO2/c1-3-7-11(8-4-1)12-9-5-2-6-10-12;1-9(8-11(13)12-14-2)10-6-4-3-5-7-10/h1-10H;3-7,9H,8H2,1-2H3,(H,12,13). The molecule has 0 aliphatic heterocycles. The van der Waals surface area contributed by atoms with Crippen LogP contribution in [-0.2, 0) is 9.63 Å². The smallest absolute Gasteiger partial charge is 0.244 e. The van der Waals surface area contributed by atoms with E-state index < -0.39 is 0 Å². The van der Waals surface area contributed by atoms with Gasteiger partial charge in [-0.1, -0.05) is 97.9 Å². The number of carbonyl (C=O) groups is 1. The van der Waals surface area contributed by atoms with Gasteiger partial charge in [0.25, 0.3) is 0 Å². The van der Waals surface area contributed by atoms with Crippen LogP contribution in [-0.4, -0.2) is 13.0 Å². The molecule has 0 bridgehead atoms. The minimum Gasteiger partial charge on any atom is -0.277 e. The van der Waals surface area contributed by atoms with Crippen molar-refractivity contribution in [3.05, 3.63) is 96.6 Å². The zero-order valence-corrected chi connectivity index (χ0v) is 15.3. The third kappa shape index (κ3) is 6.54. The first kappa shape index (κ1) is 19.4. The number of amides is 1. The SMILES string of the molecule is CONC(=O)CC(C)c1ccccc1.c1ccc(-c2ccccc2)cc1. The van der Waals surface area contributed by atoms with Crippen molar-refractivity contribution in [3.8, 4) is 11.1 Å². The third-order valence-corrected chi connectivity index (χ3v) is 3.96. The molecule has 134 valence electrons. The molecule has 0 spiro atoms. The van der Waals surface area contributed by atoms with E-state index in [9.17, 15) is 4.79 Å². The fourth-order valence-corrected chi connectivity index (χ4v) is 2.59. The van der Waals surface area contributed by atoms with Crippen LogP contribution in [0.2, 0.25) is 0 Å². The van der Waals surface area contributed by atoms with Crippen LogP contribution >= 0.6 is 0 Å². The second-order valence-electron chi connectivity index (χ2n) is 5.98. The van der Waals surface area contributed by atoms with E-state index >= 15 is 0 Å². The number of carbonyl (C=O) groups excluding carboxylic acids is 1. The van der Waals surface area contributed by atoms with Crippen LogP contribution in [0.5, 0.6) is 0 Å². The van der Waals surface area contributed by atoms with Gasteiger partial charge in [-0.05, 0) is 22.6 Å². The highest BCUT2D eigenvalue weighted by atomic mass is 16.6. The summed E-state index contributed by atoms with van der Waals surface area (Å²) in [5.74, 6) is 0.121. The largest absolute Gasteiger partial charge is 0.277 e. The van der Waals surface area contributed by atoms with Gasteiger partial charge in [-0.3, -0.25) is 9.63 Å². The average molecular weight is 347 g/mol. The molecule has 0 aliphatic rings. The molecular weight excluding hydrogens is 322 g/mol. The van der Waals surface area contributed by atoms with Gasteiger partial charge >= 0.3 is 0 Å². The lowest BCUT2D eigenvalue weighted by atomic mass is 9.98. The Kier molecular flexibility index (Phi) is 8.10. The molecule has 0 saturated carbocycles. The van der Waals surface area contributed by atoms with Crippen LogP contribution < -0.4 is 5.48 Å². The molecule has 26 heavy (non-hydrogen) atoms. The van der Waals surface area contributed by atoms with Crippen LogP contribution in [0, 0.1) is 0 Å². The molecule has 3 nitrogen and oxygen atoms in total. The summed E-state index contributed by atoms with van der Waals surface area (Å²) in [6, 6.07) is 30.7. The first-order valence-corrected chi connectivity index (χ1v) is 8.68. The highest BCUT2D eigenvalue weighted by molar-refractivity contribution is 5.75. The van der Waals surface area contributed by atoms with Gasteiger partial charge in [0.2, 0.25) is 5.91 Å². The Labute approximate surface area is 155 Å². The van der Waals surface area contributed by atoms with E-state index in [-0.39, 0.29) is 11.8 Å². The summed E-state index contributed by atoms with van der Waals surface area (Å²) in [7, 11) is 1.44. The Morgan fingerprint density at radius 3 is 1.65 bits per heavy atom. The molecule has 0 aromatic heterocycles. The summed E-state index contributed by atoms with van der Waals surface area (Å²) in [6.07, 6.45) is 0.442. The first-order valence-electron chi connectivity index (χ1n) is 8.68. The van der Waals surface area contributed by atoms with Crippen molar-refractivity contribution >= 4 is 5.91 Å². The first-order chi connectivity index (χ1) is 12.7. The van der Waals surface area contributed by atoms with Gasteiger partial charge in [-0.25, -0.2) is 5.48 Å². The summed E-state index contributed by atoms with van der Waals surface area (Å²) in [6.45, 7) is 2.02. The predicted molar refractivity (Wildman–Crippen MR) is 107 cm³/mol. The highest BCUT2D eigenvalue weighted by Crippen LogP contribution is 2.18. The third-order valence-electron chi connectivity index (χ3n) is 3.96. The topological polar surface area (TPSA) is 38.3 Å². The van der Waals surface area contributed by atoms with Crippen LogP contribution in [0.3, 0.4) is 0 Å². The molecule has 3 heteroatoms. The number of rotatable bonds is 5. The normalized spacial score (nSPS) is 11.0. The van der Waals surface area contributed by atoms with Crippen LogP contribution in [0.4, 0.5) is 0 Å². The number of hydrogen-bond acceptors (Lipinski definition) is 2. The Bertz CT molecular complexity index is 720. The maximum absolute atomic E-state index is 11.2. The number of benzene rings is 3. The van der Waals surface area contributed by atoms with Crippen LogP contribution in [0.1, 0.15) is 24.8 Å². The monoisotopic (exact) mass is 347 g/mol. The Morgan fingerprint density at radius 1 is 0.808 bits per heavy atom. The van der Waals surface area contributed by atoms with Gasteiger partial charge in [0.1, 0.15) is 0 Å². The molecule has 0 radical (unpaired) electrons. The maximum Gasteiger partial charge on any atom is 0.244 e. The van der Waals surface area contributed by atoms with E-state index in [0.29, 0.717) is 6.42 Å². The maximum atomic E-state index is 11.2. The van der Waals surface area contributed by atoms with Gasteiger partial charge in [0, 0.05) is 6.42 Å². The van der Waals surface area contributed by atoms with Crippen molar-refractivity contribution in [1.82, 2.24) is 5.48 Å². The summed E-state index contributed by atoms with van der Waals surface area (Å²) < 4.78 is 0. The second-order valence-corrected chi connectivity index (χ2v) is 5.98. The molecule has 1 unspecified atom stereocenters. The molecule has 1 atom stereocenters.